The molecule has 6 nitrogen and oxygen atoms in total. The summed E-state index contributed by atoms with van der Waals surface area (Å²) in [5, 5.41) is 21.1. The molecule has 2 aliphatic heterocycles. The number of halogens is 7. The molecule has 2 saturated heterocycles. The highest BCUT2D eigenvalue weighted by Crippen LogP contribution is 2.59. The second kappa shape index (κ2) is 8.91. The van der Waals surface area contributed by atoms with Gasteiger partial charge in [-0.15, -0.1) is 0 Å². The number of ether oxygens (including phenoxy) is 1. The number of rotatable bonds is 3. The van der Waals surface area contributed by atoms with Crippen molar-refractivity contribution < 1.29 is 55.3 Å². The van der Waals surface area contributed by atoms with E-state index < -0.39 is 88.1 Å². The molecule has 0 radical (unpaired) electrons. The minimum Gasteiger partial charge on any atom is -0.505 e. The molecule has 210 valence electrons. The molecule has 39 heavy (non-hydrogen) atoms. The van der Waals surface area contributed by atoms with Gasteiger partial charge in [-0.1, -0.05) is 13.0 Å². The average Bonchev–Trinajstić information content (AvgIpc) is 3.32. The van der Waals surface area contributed by atoms with Crippen LogP contribution in [0.1, 0.15) is 49.0 Å². The normalized spacial score (nSPS) is 31.0. The van der Waals surface area contributed by atoms with Crippen LogP contribution < -0.4 is 4.90 Å². The molecule has 1 saturated carbocycles. The number of hydrogen-bond acceptors (Lipinski definition) is 5. The number of nitrogens with zero attached hydrogens (tertiary/aromatic N) is 1. The van der Waals surface area contributed by atoms with E-state index >= 15 is 0 Å². The van der Waals surface area contributed by atoms with Crippen molar-refractivity contribution in [3.63, 3.8) is 0 Å². The highest BCUT2D eigenvalue weighted by Gasteiger charge is 2.66. The minimum atomic E-state index is -5.19. The molecule has 1 aliphatic carbocycles. The molecule has 0 spiro atoms. The summed E-state index contributed by atoms with van der Waals surface area (Å²) in [7, 11) is 0. The van der Waals surface area contributed by atoms with Crippen molar-refractivity contribution in [1.82, 2.24) is 0 Å². The van der Waals surface area contributed by atoms with Crippen molar-refractivity contribution in [2.45, 2.75) is 50.4 Å². The molecule has 2 amide bonds. The molecule has 0 unspecified atom stereocenters. The summed E-state index contributed by atoms with van der Waals surface area (Å²) in [4.78, 5) is 27.3. The van der Waals surface area contributed by atoms with Gasteiger partial charge in [-0.2, -0.15) is 26.3 Å². The van der Waals surface area contributed by atoms with E-state index in [0.717, 1.165) is 12.1 Å². The third kappa shape index (κ3) is 4.35. The standard InChI is InChI=1S/C26H22F7NO5/c1-2-12-9-16-21(17-10-20(39-24(12,17)38)11-3-4-19(35)18(27)5-11)23(37)34(22(16)36)15-7-13(25(28,29)30)6-14(8-15)26(31,32)33/h3-8,12,16-17,20-21,35,38H,2,9-10H2,1H3/t12-,16-,17-,20-,21-,24+/m0/s1. The van der Waals surface area contributed by atoms with Crippen LogP contribution in [0.25, 0.3) is 0 Å². The second-order valence-corrected chi connectivity index (χ2v) is 10.2. The molecule has 6 atom stereocenters. The molecule has 2 heterocycles. The van der Waals surface area contributed by atoms with E-state index in [1.807, 2.05) is 0 Å². The van der Waals surface area contributed by atoms with Gasteiger partial charge in [0.05, 0.1) is 34.8 Å². The molecule has 13 heteroatoms. The van der Waals surface area contributed by atoms with Gasteiger partial charge in [0.15, 0.2) is 17.4 Å². The van der Waals surface area contributed by atoms with Gasteiger partial charge in [0.25, 0.3) is 0 Å². The minimum absolute atomic E-state index is 0.0817. The first-order valence-corrected chi connectivity index (χ1v) is 12.1. The summed E-state index contributed by atoms with van der Waals surface area (Å²) in [5.41, 5.74) is -3.98. The Balaban J connectivity index is 1.56. The molecule has 3 aliphatic rings. The first-order chi connectivity index (χ1) is 18.1. The summed E-state index contributed by atoms with van der Waals surface area (Å²) in [5.74, 6) is -9.72. The summed E-state index contributed by atoms with van der Waals surface area (Å²) < 4.78 is 101. The van der Waals surface area contributed by atoms with Gasteiger partial charge < -0.3 is 14.9 Å². The molecule has 0 bridgehead atoms. The van der Waals surface area contributed by atoms with E-state index in [1.165, 1.54) is 6.07 Å². The van der Waals surface area contributed by atoms with Gasteiger partial charge >= 0.3 is 12.4 Å². The number of aromatic hydroxyl groups is 1. The summed E-state index contributed by atoms with van der Waals surface area (Å²) >= 11 is 0. The molecule has 5 rings (SSSR count). The van der Waals surface area contributed by atoms with Gasteiger partial charge in [0.2, 0.25) is 11.8 Å². The highest BCUT2D eigenvalue weighted by atomic mass is 19.4. The lowest BCUT2D eigenvalue weighted by Crippen LogP contribution is -2.53. The zero-order chi connectivity index (χ0) is 28.7. The number of amides is 2. The monoisotopic (exact) mass is 561 g/mol. The summed E-state index contributed by atoms with van der Waals surface area (Å²) in [6.07, 6.45) is -11.2. The van der Waals surface area contributed by atoms with Crippen LogP contribution in [-0.4, -0.2) is 27.8 Å². The molecular weight excluding hydrogens is 539 g/mol. The third-order valence-electron chi connectivity index (χ3n) is 8.03. The quantitative estimate of drug-likeness (QED) is 0.378. The molecular formula is C26H22F7NO5. The predicted octanol–water partition coefficient (Wildman–Crippen LogP) is 5.57. The van der Waals surface area contributed by atoms with Crippen LogP contribution in [0.3, 0.4) is 0 Å². The predicted molar refractivity (Wildman–Crippen MR) is 119 cm³/mol. The first-order valence-electron chi connectivity index (χ1n) is 12.1. The summed E-state index contributed by atoms with van der Waals surface area (Å²) in [6.45, 7) is 1.69. The lowest BCUT2D eigenvalue weighted by Gasteiger charge is -2.44. The van der Waals surface area contributed by atoms with Gasteiger partial charge in [-0.3, -0.25) is 14.5 Å². The van der Waals surface area contributed by atoms with Crippen molar-refractivity contribution in [3.8, 4) is 5.75 Å². The summed E-state index contributed by atoms with van der Waals surface area (Å²) in [6, 6.07) is 3.97. The van der Waals surface area contributed by atoms with Crippen LogP contribution in [-0.2, 0) is 26.7 Å². The number of phenols is 1. The van der Waals surface area contributed by atoms with E-state index in [4.69, 9.17) is 4.74 Å². The molecule has 2 aromatic rings. The van der Waals surface area contributed by atoms with Crippen molar-refractivity contribution in [3.05, 3.63) is 58.9 Å². The number of imide groups is 1. The van der Waals surface area contributed by atoms with Crippen LogP contribution >= 0.6 is 0 Å². The lowest BCUT2D eigenvalue weighted by atomic mass is 9.64. The number of anilines is 1. The Morgan fingerprint density at radius 2 is 1.59 bits per heavy atom. The van der Waals surface area contributed by atoms with Crippen LogP contribution in [0.5, 0.6) is 5.75 Å². The van der Waals surface area contributed by atoms with E-state index in [2.05, 4.69) is 0 Å². The molecule has 3 fully saturated rings. The Morgan fingerprint density at radius 1 is 0.974 bits per heavy atom. The van der Waals surface area contributed by atoms with Crippen molar-refractivity contribution in [1.29, 1.82) is 0 Å². The topological polar surface area (TPSA) is 87.1 Å². The second-order valence-electron chi connectivity index (χ2n) is 10.2. The maximum Gasteiger partial charge on any atom is 0.416 e. The first kappa shape index (κ1) is 27.4. The van der Waals surface area contributed by atoms with E-state index in [0.29, 0.717) is 17.0 Å². The van der Waals surface area contributed by atoms with Crippen molar-refractivity contribution >= 4 is 17.5 Å². The fourth-order valence-corrected chi connectivity index (χ4v) is 6.20. The van der Waals surface area contributed by atoms with Crippen molar-refractivity contribution in [2.24, 2.45) is 23.7 Å². The molecule has 2 aromatic carbocycles. The number of benzene rings is 2. The van der Waals surface area contributed by atoms with Gasteiger partial charge in [0.1, 0.15) is 0 Å². The Morgan fingerprint density at radius 3 is 2.13 bits per heavy atom. The number of carbonyl (C=O) groups is 2. The molecule has 2 N–H and O–H groups in total. The smallest absolute Gasteiger partial charge is 0.416 e. The van der Waals surface area contributed by atoms with Gasteiger partial charge in [0, 0.05) is 11.8 Å². The average molecular weight is 561 g/mol. The van der Waals surface area contributed by atoms with Gasteiger partial charge in [-0.05, 0) is 55.2 Å². The zero-order valence-electron chi connectivity index (χ0n) is 20.2. The Kier molecular flexibility index (Phi) is 6.26. The Hall–Kier alpha value is -3.19. The van der Waals surface area contributed by atoms with Crippen LogP contribution in [0.15, 0.2) is 36.4 Å². The maximum absolute atomic E-state index is 14.0. The molecule has 0 aromatic heterocycles. The SMILES string of the molecule is CC[C@H]1C[C@@H]2C(=O)N(c3cc(C(F)(F)F)cc(C(F)(F)F)c3)C(=O)[C@@H]2[C@@H]2C[C@@H](c3ccc(O)c(F)c3)O[C@]12O. The number of aliphatic hydroxyl groups is 1. The number of alkyl halides is 6. The van der Waals surface area contributed by atoms with E-state index in [-0.39, 0.29) is 30.9 Å². The number of fused-ring (bicyclic) bond motifs is 3. The number of hydrogen-bond donors (Lipinski definition) is 2. The van der Waals surface area contributed by atoms with Crippen LogP contribution in [0.2, 0.25) is 0 Å². The van der Waals surface area contributed by atoms with E-state index in [1.54, 1.807) is 6.92 Å². The Bertz CT molecular complexity index is 1310. The van der Waals surface area contributed by atoms with Crippen LogP contribution in [0.4, 0.5) is 36.4 Å². The van der Waals surface area contributed by atoms with Crippen molar-refractivity contribution in [2.75, 3.05) is 4.90 Å². The fourth-order valence-electron chi connectivity index (χ4n) is 6.20. The fraction of sp³-hybridized carbons (Fsp3) is 0.462. The largest absolute Gasteiger partial charge is 0.505 e. The van der Waals surface area contributed by atoms with Crippen LogP contribution in [0, 0.1) is 29.5 Å². The highest BCUT2D eigenvalue weighted by molar-refractivity contribution is 6.22. The zero-order valence-corrected chi connectivity index (χ0v) is 20.2. The number of phenolic OH excluding ortho intramolecular Hbond substituents is 1. The maximum atomic E-state index is 14.0. The number of carbonyl (C=O) groups excluding carboxylic acids is 2. The Labute approximate surface area is 217 Å². The third-order valence-corrected chi connectivity index (χ3v) is 8.03. The van der Waals surface area contributed by atoms with E-state index in [9.17, 15) is 50.5 Å². The lowest BCUT2D eigenvalue weighted by molar-refractivity contribution is -0.269. The van der Waals surface area contributed by atoms with Gasteiger partial charge in [-0.25, -0.2) is 4.39 Å².